The van der Waals surface area contributed by atoms with Crippen LogP contribution in [-0.2, 0) is 11.2 Å². The topological polar surface area (TPSA) is 71.3 Å². The zero-order chi connectivity index (χ0) is 18.5. The average molecular weight is 348 g/mol. The Morgan fingerprint density at radius 2 is 2.15 bits per heavy atom. The van der Waals surface area contributed by atoms with Gasteiger partial charge in [-0.1, -0.05) is 18.2 Å². The van der Waals surface area contributed by atoms with E-state index in [0.29, 0.717) is 23.6 Å². The van der Waals surface area contributed by atoms with E-state index >= 15 is 0 Å². The highest BCUT2D eigenvalue weighted by Gasteiger charge is 2.22. The SMILES string of the molecule is CCOc1cc2c(cc1/C=C(/C#N)C(=O)Nc1ccccc1)OC(C)C2. The molecule has 1 aliphatic rings. The molecule has 1 heterocycles. The van der Waals surface area contributed by atoms with E-state index in [1.807, 2.05) is 50.2 Å². The number of nitriles is 1. The zero-order valence-corrected chi connectivity index (χ0v) is 14.8. The first-order chi connectivity index (χ1) is 12.6. The van der Waals surface area contributed by atoms with Gasteiger partial charge in [0.1, 0.15) is 29.2 Å². The first-order valence-electron chi connectivity index (χ1n) is 8.55. The van der Waals surface area contributed by atoms with Crippen molar-refractivity contribution in [3.05, 3.63) is 59.2 Å². The second-order valence-corrected chi connectivity index (χ2v) is 6.05. The van der Waals surface area contributed by atoms with Crippen molar-refractivity contribution in [3.63, 3.8) is 0 Å². The third kappa shape index (κ3) is 3.86. The van der Waals surface area contributed by atoms with E-state index in [0.717, 1.165) is 17.7 Å². The molecule has 5 heteroatoms. The summed E-state index contributed by atoms with van der Waals surface area (Å²) in [5, 5.41) is 12.2. The standard InChI is InChI=1S/C21H20N2O3/c1-3-25-19-11-15-9-14(2)26-20(15)12-16(19)10-17(13-22)21(24)23-18-7-5-4-6-8-18/h4-8,10-12,14H,3,9H2,1-2H3,(H,23,24)/b17-10-. The normalized spacial score (nSPS) is 15.6. The van der Waals surface area contributed by atoms with E-state index in [4.69, 9.17) is 9.47 Å². The van der Waals surface area contributed by atoms with Gasteiger partial charge in [-0.05, 0) is 44.2 Å². The molecule has 0 aliphatic carbocycles. The fourth-order valence-electron chi connectivity index (χ4n) is 2.87. The van der Waals surface area contributed by atoms with Gasteiger partial charge in [-0.15, -0.1) is 0 Å². The number of anilines is 1. The van der Waals surface area contributed by atoms with Gasteiger partial charge < -0.3 is 14.8 Å². The highest BCUT2D eigenvalue weighted by atomic mass is 16.5. The van der Waals surface area contributed by atoms with Crippen LogP contribution in [0.3, 0.4) is 0 Å². The lowest BCUT2D eigenvalue weighted by atomic mass is 10.0. The molecule has 132 valence electrons. The fourth-order valence-corrected chi connectivity index (χ4v) is 2.87. The van der Waals surface area contributed by atoms with Crippen LogP contribution in [0.2, 0.25) is 0 Å². The first kappa shape index (κ1) is 17.6. The third-order valence-corrected chi connectivity index (χ3v) is 4.02. The van der Waals surface area contributed by atoms with Gasteiger partial charge in [0.25, 0.3) is 5.91 Å². The van der Waals surface area contributed by atoms with Crippen LogP contribution in [0, 0.1) is 11.3 Å². The monoisotopic (exact) mass is 348 g/mol. The van der Waals surface area contributed by atoms with E-state index in [9.17, 15) is 10.1 Å². The number of hydrogen-bond donors (Lipinski definition) is 1. The van der Waals surface area contributed by atoms with Crippen molar-refractivity contribution in [1.82, 2.24) is 0 Å². The van der Waals surface area contributed by atoms with Gasteiger partial charge >= 0.3 is 0 Å². The van der Waals surface area contributed by atoms with Gasteiger partial charge in [0.05, 0.1) is 6.61 Å². The third-order valence-electron chi connectivity index (χ3n) is 4.02. The maximum atomic E-state index is 12.4. The van der Waals surface area contributed by atoms with E-state index < -0.39 is 5.91 Å². The molecule has 26 heavy (non-hydrogen) atoms. The summed E-state index contributed by atoms with van der Waals surface area (Å²) in [6.07, 6.45) is 2.46. The molecule has 0 radical (unpaired) electrons. The Balaban J connectivity index is 1.92. The summed E-state index contributed by atoms with van der Waals surface area (Å²) in [5.41, 5.74) is 2.36. The highest BCUT2D eigenvalue weighted by Crippen LogP contribution is 2.36. The van der Waals surface area contributed by atoms with Crippen LogP contribution in [0.25, 0.3) is 6.08 Å². The van der Waals surface area contributed by atoms with Crippen LogP contribution in [0.5, 0.6) is 11.5 Å². The minimum absolute atomic E-state index is 0.000742. The molecular formula is C21H20N2O3. The molecule has 0 saturated heterocycles. The van der Waals surface area contributed by atoms with Crippen molar-refractivity contribution in [2.45, 2.75) is 26.4 Å². The molecule has 0 bridgehead atoms. The predicted molar refractivity (Wildman–Crippen MR) is 100 cm³/mol. The van der Waals surface area contributed by atoms with Gasteiger partial charge in [0, 0.05) is 23.2 Å². The number of rotatable bonds is 5. The van der Waals surface area contributed by atoms with Gasteiger partial charge in [0.2, 0.25) is 0 Å². The zero-order valence-electron chi connectivity index (χ0n) is 14.8. The van der Waals surface area contributed by atoms with Crippen molar-refractivity contribution in [1.29, 1.82) is 5.26 Å². The number of amides is 1. The smallest absolute Gasteiger partial charge is 0.266 e. The maximum Gasteiger partial charge on any atom is 0.266 e. The van der Waals surface area contributed by atoms with Crippen LogP contribution in [0.15, 0.2) is 48.0 Å². The van der Waals surface area contributed by atoms with E-state index in [1.54, 1.807) is 12.1 Å². The summed E-state index contributed by atoms with van der Waals surface area (Å²) in [4.78, 5) is 12.4. The van der Waals surface area contributed by atoms with Crippen LogP contribution >= 0.6 is 0 Å². The quantitative estimate of drug-likeness (QED) is 0.656. The lowest BCUT2D eigenvalue weighted by Gasteiger charge is -2.11. The molecule has 1 amide bonds. The van der Waals surface area contributed by atoms with Crippen molar-refractivity contribution < 1.29 is 14.3 Å². The summed E-state index contributed by atoms with van der Waals surface area (Å²) in [5.74, 6) is 0.952. The summed E-state index contributed by atoms with van der Waals surface area (Å²) >= 11 is 0. The largest absolute Gasteiger partial charge is 0.493 e. The molecule has 2 aromatic carbocycles. The lowest BCUT2D eigenvalue weighted by molar-refractivity contribution is -0.112. The minimum atomic E-state index is -0.462. The number of fused-ring (bicyclic) bond motifs is 1. The number of para-hydroxylation sites is 1. The van der Waals surface area contributed by atoms with Crippen LogP contribution in [0.1, 0.15) is 25.0 Å². The molecule has 1 atom stereocenters. The number of benzene rings is 2. The van der Waals surface area contributed by atoms with Gasteiger partial charge in [-0.3, -0.25) is 4.79 Å². The Kier molecular flexibility index (Phi) is 5.23. The highest BCUT2D eigenvalue weighted by molar-refractivity contribution is 6.09. The molecule has 1 N–H and O–H groups in total. The van der Waals surface area contributed by atoms with Crippen LogP contribution < -0.4 is 14.8 Å². The number of carbonyl (C=O) groups excluding carboxylic acids is 1. The Morgan fingerprint density at radius 1 is 1.38 bits per heavy atom. The van der Waals surface area contributed by atoms with E-state index in [1.165, 1.54) is 6.08 Å². The number of nitrogens with zero attached hydrogens (tertiary/aromatic N) is 1. The Morgan fingerprint density at radius 3 is 2.85 bits per heavy atom. The number of carbonyl (C=O) groups is 1. The minimum Gasteiger partial charge on any atom is -0.493 e. The Hall–Kier alpha value is -3.26. The Labute approximate surface area is 152 Å². The molecular weight excluding hydrogens is 328 g/mol. The van der Waals surface area contributed by atoms with Gasteiger partial charge in [0.15, 0.2) is 0 Å². The molecule has 0 fully saturated rings. The molecule has 0 spiro atoms. The molecule has 3 rings (SSSR count). The average Bonchev–Trinajstić information content (AvgIpc) is 2.99. The molecule has 2 aromatic rings. The molecule has 1 aliphatic heterocycles. The maximum absolute atomic E-state index is 12.4. The summed E-state index contributed by atoms with van der Waals surface area (Å²) in [6, 6.07) is 14.8. The second kappa shape index (κ2) is 7.75. The number of ether oxygens (including phenoxy) is 2. The molecule has 5 nitrogen and oxygen atoms in total. The number of hydrogen-bond acceptors (Lipinski definition) is 4. The summed E-state index contributed by atoms with van der Waals surface area (Å²) < 4.78 is 11.5. The molecule has 0 saturated carbocycles. The van der Waals surface area contributed by atoms with Crippen molar-refractivity contribution in [3.8, 4) is 17.6 Å². The summed E-state index contributed by atoms with van der Waals surface area (Å²) in [7, 11) is 0. The molecule has 0 aromatic heterocycles. The summed E-state index contributed by atoms with van der Waals surface area (Å²) in [6.45, 7) is 4.39. The fraction of sp³-hybridized carbons (Fsp3) is 0.238. The lowest BCUT2D eigenvalue weighted by Crippen LogP contribution is -2.13. The Bertz CT molecular complexity index is 882. The van der Waals surface area contributed by atoms with E-state index in [-0.39, 0.29) is 11.7 Å². The van der Waals surface area contributed by atoms with Gasteiger partial charge in [-0.25, -0.2) is 0 Å². The number of nitrogens with one attached hydrogen (secondary N) is 1. The second-order valence-electron chi connectivity index (χ2n) is 6.05. The van der Waals surface area contributed by atoms with E-state index in [2.05, 4.69) is 5.32 Å². The predicted octanol–water partition coefficient (Wildman–Crippen LogP) is 3.95. The van der Waals surface area contributed by atoms with Crippen molar-refractivity contribution in [2.24, 2.45) is 0 Å². The van der Waals surface area contributed by atoms with Crippen molar-refractivity contribution in [2.75, 3.05) is 11.9 Å². The van der Waals surface area contributed by atoms with Gasteiger partial charge in [-0.2, -0.15) is 5.26 Å². The van der Waals surface area contributed by atoms with Crippen molar-refractivity contribution >= 4 is 17.7 Å². The molecule has 1 unspecified atom stereocenters. The van der Waals surface area contributed by atoms with Crippen LogP contribution in [0.4, 0.5) is 5.69 Å². The van der Waals surface area contributed by atoms with Crippen LogP contribution in [-0.4, -0.2) is 18.6 Å². The first-order valence-corrected chi connectivity index (χ1v) is 8.55.